The van der Waals surface area contributed by atoms with Crippen molar-refractivity contribution in [1.82, 2.24) is 19.8 Å². The van der Waals surface area contributed by atoms with Crippen LogP contribution in [0.25, 0.3) is 0 Å². The molecule has 2 aromatic rings. The lowest BCUT2D eigenvalue weighted by molar-refractivity contribution is -0.0613. The highest BCUT2D eigenvalue weighted by molar-refractivity contribution is 5.92. The Balaban J connectivity index is 1.85. The number of likely N-dealkylation sites (N-methyl/N-ethyl adjacent to an activating group) is 1. The monoisotopic (exact) mass is 342 g/mol. The zero-order valence-corrected chi connectivity index (χ0v) is 14.3. The van der Waals surface area contributed by atoms with Gasteiger partial charge in [0.25, 0.3) is 11.5 Å². The first-order chi connectivity index (χ1) is 11.9. The van der Waals surface area contributed by atoms with Gasteiger partial charge in [0.1, 0.15) is 5.69 Å². The van der Waals surface area contributed by atoms with Gasteiger partial charge < -0.3 is 15.0 Å². The van der Waals surface area contributed by atoms with Gasteiger partial charge in [0.2, 0.25) is 0 Å². The number of hydrogen-bond acceptors (Lipinski definition) is 5. The number of aromatic amines is 1. The number of piperidine rings is 1. The number of rotatable bonds is 3. The van der Waals surface area contributed by atoms with E-state index in [0.29, 0.717) is 13.0 Å². The molecule has 2 N–H and O–H groups in total. The molecule has 1 aromatic heterocycles. The van der Waals surface area contributed by atoms with Crippen LogP contribution in [0.4, 0.5) is 0 Å². The lowest BCUT2D eigenvalue weighted by atomic mass is 9.77. The van der Waals surface area contributed by atoms with Gasteiger partial charge in [0, 0.05) is 19.3 Å². The first-order valence-electron chi connectivity index (χ1n) is 8.20. The molecule has 0 spiro atoms. The molecule has 3 rings (SSSR count). The Kier molecular flexibility index (Phi) is 4.69. The third kappa shape index (κ3) is 3.08. The van der Waals surface area contributed by atoms with Crippen molar-refractivity contribution in [2.24, 2.45) is 0 Å². The molecule has 1 fully saturated rings. The highest BCUT2D eigenvalue weighted by atomic mass is 16.3. The summed E-state index contributed by atoms with van der Waals surface area (Å²) in [7, 11) is 3.88. The number of amides is 1. The van der Waals surface area contributed by atoms with Gasteiger partial charge in [0.15, 0.2) is 0 Å². The van der Waals surface area contributed by atoms with Crippen molar-refractivity contribution < 1.29 is 9.90 Å². The van der Waals surface area contributed by atoms with Gasteiger partial charge in [-0.05, 0) is 26.1 Å². The molecule has 0 radical (unpaired) electrons. The molecule has 1 amide bonds. The van der Waals surface area contributed by atoms with Gasteiger partial charge in [-0.2, -0.15) is 0 Å². The minimum Gasteiger partial charge on any atom is -0.389 e. The standard InChI is InChI=1S/C18H22N4O3/c1-21(2)18(13-6-4-3-5-7-13)8-9-22(12-15(18)23)17(25)14-10-20-16(24)11-19-14/h3-7,10-11,15,23H,8-9,12H2,1-2H3,(H,20,24)/t15-,18+/m1/s1. The van der Waals surface area contributed by atoms with E-state index in [1.54, 1.807) is 4.90 Å². The minimum atomic E-state index is -0.745. The lowest BCUT2D eigenvalue weighted by Gasteiger charge is -2.49. The maximum Gasteiger partial charge on any atom is 0.274 e. The predicted octanol–water partition coefficient (Wildman–Crippen LogP) is 0.434. The zero-order valence-electron chi connectivity index (χ0n) is 14.3. The van der Waals surface area contributed by atoms with Crippen molar-refractivity contribution in [3.8, 4) is 0 Å². The van der Waals surface area contributed by atoms with Gasteiger partial charge in [0.05, 0.1) is 17.8 Å². The summed E-state index contributed by atoms with van der Waals surface area (Å²) in [6.07, 6.45) is 2.25. The van der Waals surface area contributed by atoms with Gasteiger partial charge in [-0.1, -0.05) is 30.3 Å². The van der Waals surface area contributed by atoms with Crippen LogP contribution in [0, 0.1) is 0 Å². The molecule has 7 nitrogen and oxygen atoms in total. The van der Waals surface area contributed by atoms with Crippen molar-refractivity contribution >= 4 is 5.91 Å². The van der Waals surface area contributed by atoms with E-state index in [1.807, 2.05) is 49.3 Å². The Morgan fingerprint density at radius 1 is 1.36 bits per heavy atom. The summed E-state index contributed by atoms with van der Waals surface area (Å²) in [4.78, 5) is 33.6. The summed E-state index contributed by atoms with van der Waals surface area (Å²) in [5, 5.41) is 10.9. The van der Waals surface area contributed by atoms with Crippen LogP contribution in [0.3, 0.4) is 0 Å². The molecule has 1 aliphatic heterocycles. The Bertz CT molecular complexity index is 785. The summed E-state index contributed by atoms with van der Waals surface area (Å²) in [6, 6.07) is 9.86. The number of carbonyl (C=O) groups excluding carboxylic acids is 1. The van der Waals surface area contributed by atoms with E-state index in [0.717, 1.165) is 11.8 Å². The van der Waals surface area contributed by atoms with Crippen LogP contribution in [-0.4, -0.2) is 64.1 Å². The number of H-pyrrole nitrogens is 1. The number of hydrogen-bond donors (Lipinski definition) is 2. The van der Waals surface area contributed by atoms with E-state index >= 15 is 0 Å². The highest BCUT2D eigenvalue weighted by Crippen LogP contribution is 2.37. The van der Waals surface area contributed by atoms with Gasteiger partial charge in [-0.25, -0.2) is 4.98 Å². The topological polar surface area (TPSA) is 89.5 Å². The minimum absolute atomic E-state index is 0.170. The first-order valence-corrected chi connectivity index (χ1v) is 8.20. The molecule has 132 valence electrons. The number of benzene rings is 1. The average molecular weight is 342 g/mol. The fraction of sp³-hybridized carbons (Fsp3) is 0.389. The van der Waals surface area contributed by atoms with E-state index in [2.05, 4.69) is 9.97 Å². The first kappa shape index (κ1) is 17.3. The molecule has 0 bridgehead atoms. The number of nitrogens with one attached hydrogen (secondary N) is 1. The molecule has 0 unspecified atom stereocenters. The molecule has 25 heavy (non-hydrogen) atoms. The molecule has 2 atom stereocenters. The third-order valence-corrected chi connectivity index (χ3v) is 4.96. The fourth-order valence-corrected chi connectivity index (χ4v) is 3.57. The summed E-state index contributed by atoms with van der Waals surface area (Å²) >= 11 is 0. The summed E-state index contributed by atoms with van der Waals surface area (Å²) in [6.45, 7) is 0.691. The van der Waals surface area contributed by atoms with Crippen molar-refractivity contribution in [2.75, 3.05) is 27.2 Å². The Hall–Kier alpha value is -2.51. The quantitative estimate of drug-likeness (QED) is 0.845. The Morgan fingerprint density at radius 3 is 2.64 bits per heavy atom. The van der Waals surface area contributed by atoms with Gasteiger partial charge in [-0.15, -0.1) is 0 Å². The van der Waals surface area contributed by atoms with Crippen LogP contribution in [0.5, 0.6) is 0 Å². The van der Waals surface area contributed by atoms with Crippen LogP contribution < -0.4 is 5.56 Å². The molecule has 1 saturated heterocycles. The van der Waals surface area contributed by atoms with E-state index < -0.39 is 11.6 Å². The summed E-state index contributed by atoms with van der Waals surface area (Å²) in [5.41, 5.74) is 0.299. The number of aromatic nitrogens is 2. The summed E-state index contributed by atoms with van der Waals surface area (Å²) < 4.78 is 0. The maximum absolute atomic E-state index is 12.6. The highest BCUT2D eigenvalue weighted by Gasteiger charge is 2.46. The van der Waals surface area contributed by atoms with Crippen molar-refractivity contribution in [3.05, 3.63) is 64.3 Å². The third-order valence-electron chi connectivity index (χ3n) is 4.96. The van der Waals surface area contributed by atoms with Crippen LogP contribution in [-0.2, 0) is 5.54 Å². The number of likely N-dealkylation sites (tertiary alicyclic amines) is 1. The van der Waals surface area contributed by atoms with Crippen molar-refractivity contribution in [1.29, 1.82) is 0 Å². The number of aliphatic hydroxyl groups excluding tert-OH is 1. The second kappa shape index (κ2) is 6.78. The predicted molar refractivity (Wildman–Crippen MR) is 93.2 cm³/mol. The number of carbonyl (C=O) groups is 1. The average Bonchev–Trinajstić information content (AvgIpc) is 2.62. The van der Waals surface area contributed by atoms with E-state index in [9.17, 15) is 14.7 Å². The second-order valence-electron chi connectivity index (χ2n) is 6.50. The van der Waals surface area contributed by atoms with Crippen LogP contribution in [0.2, 0.25) is 0 Å². The van der Waals surface area contributed by atoms with Crippen LogP contribution in [0.15, 0.2) is 47.5 Å². The summed E-state index contributed by atoms with van der Waals surface area (Å²) in [5.74, 6) is -0.296. The van der Waals surface area contributed by atoms with Crippen LogP contribution >= 0.6 is 0 Å². The van der Waals surface area contributed by atoms with Crippen molar-refractivity contribution in [2.45, 2.75) is 18.1 Å². The molecule has 1 aromatic carbocycles. The Morgan fingerprint density at radius 2 is 2.08 bits per heavy atom. The number of aliphatic hydroxyl groups is 1. The molecular weight excluding hydrogens is 320 g/mol. The number of nitrogens with zero attached hydrogens (tertiary/aromatic N) is 3. The van der Waals surface area contributed by atoms with E-state index in [4.69, 9.17) is 0 Å². The SMILES string of the molecule is CN(C)[C@]1(c2ccccc2)CCN(C(=O)c2c[nH]c(=O)cn2)C[C@H]1O. The van der Waals surface area contributed by atoms with Gasteiger partial charge >= 0.3 is 0 Å². The molecular formula is C18H22N4O3. The van der Waals surface area contributed by atoms with E-state index in [1.165, 1.54) is 6.20 Å². The largest absolute Gasteiger partial charge is 0.389 e. The fourth-order valence-electron chi connectivity index (χ4n) is 3.57. The normalized spacial score (nSPS) is 23.7. The second-order valence-corrected chi connectivity index (χ2v) is 6.50. The zero-order chi connectivity index (χ0) is 18.0. The molecule has 1 aliphatic rings. The molecule has 0 saturated carbocycles. The van der Waals surface area contributed by atoms with E-state index in [-0.39, 0.29) is 23.7 Å². The van der Waals surface area contributed by atoms with Crippen molar-refractivity contribution in [3.63, 3.8) is 0 Å². The Labute approximate surface area is 145 Å². The molecule has 0 aliphatic carbocycles. The molecule has 7 heteroatoms. The van der Waals surface area contributed by atoms with Gasteiger partial charge in [-0.3, -0.25) is 14.5 Å². The smallest absolute Gasteiger partial charge is 0.274 e. The number of β-amino-alcohol motifs (C(OH)–C–C–N with tert-alkyl or cyclic N) is 1. The van der Waals surface area contributed by atoms with Crippen LogP contribution in [0.1, 0.15) is 22.5 Å². The maximum atomic E-state index is 12.6. The molecule has 2 heterocycles. The lowest BCUT2D eigenvalue weighted by Crippen LogP contribution is -2.60.